The summed E-state index contributed by atoms with van der Waals surface area (Å²) in [6.07, 6.45) is 1.19. The highest BCUT2D eigenvalue weighted by molar-refractivity contribution is 5.82. The highest BCUT2D eigenvalue weighted by Crippen LogP contribution is 2.16. The summed E-state index contributed by atoms with van der Waals surface area (Å²) < 4.78 is 9.77. The SMILES string of the molecule is COC(=O)CCCCNC(=O)C(OC)c1ccccc1. The Bertz CT molecular complexity index is 419. The number of unbranched alkanes of at least 4 members (excludes halogenated alkanes) is 1. The van der Waals surface area contributed by atoms with Gasteiger partial charge in [0.1, 0.15) is 0 Å². The molecule has 5 heteroatoms. The molecule has 110 valence electrons. The number of hydrogen-bond acceptors (Lipinski definition) is 4. The Morgan fingerprint density at radius 3 is 2.45 bits per heavy atom. The van der Waals surface area contributed by atoms with E-state index in [0.717, 1.165) is 12.0 Å². The monoisotopic (exact) mass is 279 g/mol. The molecular weight excluding hydrogens is 258 g/mol. The van der Waals surface area contributed by atoms with Crippen molar-refractivity contribution in [3.05, 3.63) is 35.9 Å². The number of carbonyl (C=O) groups excluding carboxylic acids is 2. The molecule has 0 bridgehead atoms. The van der Waals surface area contributed by atoms with E-state index in [1.165, 1.54) is 14.2 Å². The van der Waals surface area contributed by atoms with Gasteiger partial charge >= 0.3 is 5.97 Å². The van der Waals surface area contributed by atoms with E-state index in [0.29, 0.717) is 19.4 Å². The number of hydrogen-bond donors (Lipinski definition) is 1. The van der Waals surface area contributed by atoms with Crippen molar-refractivity contribution in [3.63, 3.8) is 0 Å². The first-order valence-corrected chi connectivity index (χ1v) is 6.61. The van der Waals surface area contributed by atoms with Crippen LogP contribution in [0.2, 0.25) is 0 Å². The van der Waals surface area contributed by atoms with Crippen molar-refractivity contribution in [1.29, 1.82) is 0 Å². The lowest BCUT2D eigenvalue weighted by Crippen LogP contribution is -2.31. The molecule has 1 unspecified atom stereocenters. The summed E-state index contributed by atoms with van der Waals surface area (Å²) in [4.78, 5) is 22.9. The molecule has 0 aromatic heterocycles. The number of ether oxygens (including phenoxy) is 2. The van der Waals surface area contributed by atoms with E-state index in [9.17, 15) is 9.59 Å². The molecule has 0 saturated carbocycles. The van der Waals surface area contributed by atoms with Crippen LogP contribution in [0, 0.1) is 0 Å². The molecule has 0 fully saturated rings. The molecule has 0 aliphatic heterocycles. The predicted molar refractivity (Wildman–Crippen MR) is 75.1 cm³/mol. The molecule has 1 atom stereocenters. The molecule has 1 aromatic rings. The lowest BCUT2D eigenvalue weighted by Gasteiger charge is -2.15. The summed E-state index contributed by atoms with van der Waals surface area (Å²) in [6.45, 7) is 0.516. The molecule has 1 rings (SSSR count). The van der Waals surface area contributed by atoms with Gasteiger partial charge in [-0.1, -0.05) is 30.3 Å². The van der Waals surface area contributed by atoms with E-state index in [2.05, 4.69) is 10.1 Å². The van der Waals surface area contributed by atoms with Crippen LogP contribution in [0.3, 0.4) is 0 Å². The fourth-order valence-electron chi connectivity index (χ4n) is 1.82. The number of amides is 1. The molecule has 5 nitrogen and oxygen atoms in total. The molecule has 0 aliphatic carbocycles. The Hall–Kier alpha value is -1.88. The van der Waals surface area contributed by atoms with Crippen LogP contribution in [0.1, 0.15) is 30.9 Å². The molecule has 20 heavy (non-hydrogen) atoms. The third-order valence-electron chi connectivity index (χ3n) is 2.91. The minimum Gasteiger partial charge on any atom is -0.469 e. The fraction of sp³-hybridized carbons (Fsp3) is 0.467. The number of esters is 1. The molecule has 1 N–H and O–H groups in total. The van der Waals surface area contributed by atoms with Gasteiger partial charge in [-0.3, -0.25) is 9.59 Å². The predicted octanol–water partition coefficient (Wildman–Crippen LogP) is 1.83. The van der Waals surface area contributed by atoms with Crippen LogP contribution >= 0.6 is 0 Å². The minimum absolute atomic E-state index is 0.170. The zero-order valence-electron chi connectivity index (χ0n) is 11.9. The van der Waals surface area contributed by atoms with Crippen LogP contribution in [0.25, 0.3) is 0 Å². The smallest absolute Gasteiger partial charge is 0.305 e. The Kier molecular flexibility index (Phi) is 7.35. The van der Waals surface area contributed by atoms with Crippen LogP contribution in [0.15, 0.2) is 30.3 Å². The van der Waals surface area contributed by atoms with Gasteiger partial charge in [0.05, 0.1) is 7.11 Å². The molecule has 0 radical (unpaired) electrons. The summed E-state index contributed by atoms with van der Waals surface area (Å²) in [7, 11) is 2.88. The van der Waals surface area contributed by atoms with Crippen molar-refractivity contribution in [2.45, 2.75) is 25.4 Å². The molecule has 1 aromatic carbocycles. The summed E-state index contributed by atoms with van der Waals surface area (Å²) in [6, 6.07) is 9.33. The van der Waals surface area contributed by atoms with Gasteiger partial charge in [-0.2, -0.15) is 0 Å². The zero-order valence-corrected chi connectivity index (χ0v) is 11.9. The van der Waals surface area contributed by atoms with Gasteiger partial charge in [0, 0.05) is 20.1 Å². The third kappa shape index (κ3) is 5.40. The normalized spacial score (nSPS) is 11.7. The second-order valence-corrected chi connectivity index (χ2v) is 4.35. The number of rotatable bonds is 8. The molecule has 0 saturated heterocycles. The van der Waals surface area contributed by atoms with E-state index in [1.807, 2.05) is 30.3 Å². The first kappa shape index (κ1) is 16.2. The van der Waals surface area contributed by atoms with Crippen molar-refractivity contribution >= 4 is 11.9 Å². The highest BCUT2D eigenvalue weighted by atomic mass is 16.5. The second kappa shape index (κ2) is 9.09. The maximum absolute atomic E-state index is 12.0. The molecule has 0 heterocycles. The van der Waals surface area contributed by atoms with Crippen LogP contribution in [-0.2, 0) is 19.1 Å². The number of carbonyl (C=O) groups is 2. The van der Waals surface area contributed by atoms with Crippen molar-refractivity contribution in [3.8, 4) is 0 Å². The topological polar surface area (TPSA) is 64.6 Å². The van der Waals surface area contributed by atoms with E-state index in [1.54, 1.807) is 0 Å². The average molecular weight is 279 g/mol. The number of methoxy groups -OCH3 is 2. The molecule has 1 amide bonds. The average Bonchev–Trinajstić information content (AvgIpc) is 2.48. The first-order valence-electron chi connectivity index (χ1n) is 6.61. The number of nitrogens with one attached hydrogen (secondary N) is 1. The summed E-state index contributed by atoms with van der Waals surface area (Å²) >= 11 is 0. The van der Waals surface area contributed by atoms with Crippen molar-refractivity contribution in [2.24, 2.45) is 0 Å². The lowest BCUT2D eigenvalue weighted by atomic mass is 10.1. The molecule has 0 spiro atoms. The standard InChI is InChI=1S/C15H21NO4/c1-19-13(17)10-6-7-11-16-15(18)14(20-2)12-8-4-3-5-9-12/h3-5,8-9,14H,6-7,10-11H2,1-2H3,(H,16,18). The lowest BCUT2D eigenvalue weighted by molar-refractivity contribution is -0.140. The van der Waals surface area contributed by atoms with E-state index in [4.69, 9.17) is 4.74 Å². The Labute approximate surface area is 119 Å². The van der Waals surface area contributed by atoms with Gasteiger partial charge in [0.2, 0.25) is 0 Å². The Morgan fingerprint density at radius 2 is 1.85 bits per heavy atom. The maximum Gasteiger partial charge on any atom is 0.305 e. The molecule has 0 aliphatic rings. The second-order valence-electron chi connectivity index (χ2n) is 4.35. The van der Waals surface area contributed by atoms with Gasteiger partial charge in [-0.05, 0) is 18.4 Å². The fourth-order valence-corrected chi connectivity index (χ4v) is 1.82. The largest absolute Gasteiger partial charge is 0.469 e. The van der Waals surface area contributed by atoms with Gasteiger partial charge in [0.25, 0.3) is 5.91 Å². The summed E-state index contributed by atoms with van der Waals surface area (Å²) in [5.41, 5.74) is 0.821. The zero-order chi connectivity index (χ0) is 14.8. The number of benzene rings is 1. The van der Waals surface area contributed by atoms with Crippen LogP contribution in [0.5, 0.6) is 0 Å². The summed E-state index contributed by atoms with van der Waals surface area (Å²) in [5.74, 6) is -0.396. The van der Waals surface area contributed by atoms with E-state index in [-0.39, 0.29) is 11.9 Å². The Morgan fingerprint density at radius 1 is 1.15 bits per heavy atom. The first-order chi connectivity index (χ1) is 9.69. The third-order valence-corrected chi connectivity index (χ3v) is 2.91. The maximum atomic E-state index is 12.0. The molecular formula is C15H21NO4. The minimum atomic E-state index is -0.600. The summed E-state index contributed by atoms with van der Waals surface area (Å²) in [5, 5.41) is 2.81. The van der Waals surface area contributed by atoms with Crippen molar-refractivity contribution in [2.75, 3.05) is 20.8 Å². The van der Waals surface area contributed by atoms with Gasteiger partial charge < -0.3 is 14.8 Å². The van der Waals surface area contributed by atoms with Crippen molar-refractivity contribution < 1.29 is 19.1 Å². The van der Waals surface area contributed by atoms with Crippen LogP contribution < -0.4 is 5.32 Å². The van der Waals surface area contributed by atoms with Crippen LogP contribution in [-0.4, -0.2) is 32.6 Å². The van der Waals surface area contributed by atoms with Gasteiger partial charge in [-0.15, -0.1) is 0 Å². The van der Waals surface area contributed by atoms with Crippen LogP contribution in [0.4, 0.5) is 0 Å². The van der Waals surface area contributed by atoms with Crippen molar-refractivity contribution in [1.82, 2.24) is 5.32 Å². The van der Waals surface area contributed by atoms with E-state index >= 15 is 0 Å². The Balaban J connectivity index is 2.32. The van der Waals surface area contributed by atoms with Gasteiger partial charge in [-0.25, -0.2) is 0 Å². The highest BCUT2D eigenvalue weighted by Gasteiger charge is 2.18. The van der Waals surface area contributed by atoms with Gasteiger partial charge in [0.15, 0.2) is 6.10 Å². The van der Waals surface area contributed by atoms with E-state index < -0.39 is 6.10 Å². The quantitative estimate of drug-likeness (QED) is 0.582.